The fourth-order valence-corrected chi connectivity index (χ4v) is 4.09. The van der Waals surface area contributed by atoms with Crippen LogP contribution in [0.15, 0.2) is 41.4 Å². The van der Waals surface area contributed by atoms with Crippen molar-refractivity contribution in [2.75, 3.05) is 38.8 Å². The summed E-state index contributed by atoms with van der Waals surface area (Å²) in [5, 5.41) is 0. The molecule has 0 radical (unpaired) electrons. The number of benzene rings is 1. The number of ether oxygens (including phenoxy) is 2. The number of allylic oxidation sites excluding steroid dienone is 3. The average molecular weight is 485 g/mol. The number of anilines is 1. The number of hydrogen-bond acceptors (Lipinski definition) is 4. The maximum Gasteiger partial charge on any atom is 0.129 e. The van der Waals surface area contributed by atoms with Gasteiger partial charge in [0, 0.05) is 51.4 Å². The van der Waals surface area contributed by atoms with E-state index in [4.69, 9.17) is 9.47 Å². The normalized spacial score (nSPS) is 17.1. The highest BCUT2D eigenvalue weighted by Crippen LogP contribution is 2.33. The zero-order chi connectivity index (χ0) is 26.1. The Morgan fingerprint density at radius 1 is 1.26 bits per heavy atom. The van der Waals surface area contributed by atoms with E-state index >= 15 is 0 Å². The molecule has 0 spiro atoms. The van der Waals surface area contributed by atoms with Crippen LogP contribution in [-0.2, 0) is 9.47 Å². The molecule has 1 aromatic rings. The van der Waals surface area contributed by atoms with Gasteiger partial charge in [-0.2, -0.15) is 0 Å². The lowest BCUT2D eigenvalue weighted by molar-refractivity contribution is 0.0174. The van der Waals surface area contributed by atoms with E-state index in [1.807, 2.05) is 13.1 Å². The van der Waals surface area contributed by atoms with E-state index in [2.05, 4.69) is 75.5 Å². The predicted molar refractivity (Wildman–Crippen MR) is 155 cm³/mol. The van der Waals surface area contributed by atoms with Gasteiger partial charge in [-0.1, -0.05) is 57.9 Å². The van der Waals surface area contributed by atoms with E-state index in [1.165, 1.54) is 44.1 Å². The molecule has 0 N–H and O–H groups in total. The van der Waals surface area contributed by atoms with Crippen molar-refractivity contribution in [3.8, 4) is 0 Å². The fraction of sp³-hybridized carbons (Fsp3) is 0.645. The van der Waals surface area contributed by atoms with Gasteiger partial charge in [0.05, 0.1) is 0 Å². The van der Waals surface area contributed by atoms with E-state index in [1.54, 1.807) is 7.05 Å². The molecule has 1 aliphatic heterocycles. The van der Waals surface area contributed by atoms with Crippen LogP contribution in [0.1, 0.15) is 90.2 Å². The Bertz CT molecular complexity index is 778. The minimum absolute atomic E-state index is 0.145. The molecule has 0 aromatic heterocycles. The van der Waals surface area contributed by atoms with Gasteiger partial charge in [-0.05, 0) is 81.6 Å². The molecule has 1 aliphatic rings. The van der Waals surface area contributed by atoms with Crippen LogP contribution in [0.3, 0.4) is 0 Å². The lowest BCUT2D eigenvalue weighted by Crippen LogP contribution is -2.37. The van der Waals surface area contributed by atoms with Crippen molar-refractivity contribution in [2.45, 2.75) is 92.2 Å². The van der Waals surface area contributed by atoms with Crippen LogP contribution in [-0.4, -0.2) is 46.4 Å². The van der Waals surface area contributed by atoms with Crippen molar-refractivity contribution in [3.63, 3.8) is 0 Å². The highest BCUT2D eigenvalue weighted by Gasteiger charge is 2.22. The average Bonchev–Trinajstić information content (AvgIpc) is 2.89. The Hall–Kier alpha value is -1.91. The minimum Gasteiger partial charge on any atom is -0.381 e. The van der Waals surface area contributed by atoms with Crippen LogP contribution < -0.4 is 4.90 Å². The highest BCUT2D eigenvalue weighted by molar-refractivity contribution is 6.02. The molecule has 2 unspecified atom stereocenters. The van der Waals surface area contributed by atoms with Crippen LogP contribution in [0.5, 0.6) is 0 Å². The van der Waals surface area contributed by atoms with Crippen molar-refractivity contribution < 1.29 is 9.47 Å². The van der Waals surface area contributed by atoms with E-state index in [0.717, 1.165) is 61.0 Å². The molecule has 2 rings (SSSR count). The lowest BCUT2D eigenvalue weighted by Gasteiger charge is -2.34. The maximum atomic E-state index is 5.95. The van der Waals surface area contributed by atoms with Gasteiger partial charge in [0.15, 0.2) is 0 Å². The second-order valence-electron chi connectivity index (χ2n) is 9.68. The molecular formula is C31H52N2O2. The topological polar surface area (TPSA) is 34.1 Å². The predicted octanol–water partition coefficient (Wildman–Crippen LogP) is 8.25. The number of hydrogen-bond donors (Lipinski definition) is 0. The Labute approximate surface area is 216 Å². The van der Waals surface area contributed by atoms with E-state index in [-0.39, 0.29) is 6.23 Å². The van der Waals surface area contributed by atoms with Gasteiger partial charge in [-0.3, -0.25) is 4.99 Å². The number of unbranched alkanes of at least 4 members (excludes halogenated alkanes) is 1. The molecule has 0 saturated carbocycles. The summed E-state index contributed by atoms with van der Waals surface area (Å²) >= 11 is 0. The van der Waals surface area contributed by atoms with Gasteiger partial charge < -0.3 is 14.4 Å². The zero-order valence-electron chi connectivity index (χ0n) is 23.7. The Kier molecular flexibility index (Phi) is 16.3. The van der Waals surface area contributed by atoms with Gasteiger partial charge in [0.25, 0.3) is 0 Å². The smallest absolute Gasteiger partial charge is 0.129 e. The second kappa shape index (κ2) is 18.4. The summed E-state index contributed by atoms with van der Waals surface area (Å²) in [6.07, 6.45) is 13.8. The van der Waals surface area contributed by atoms with Crippen molar-refractivity contribution in [2.24, 2.45) is 10.9 Å². The SMILES string of the molecule is C=C(/C(C=NC)=C/C)c1cc(C)ccc1N(C)C1CCCCO1.CCCCOCCCC(C)CC. The Balaban J connectivity index is 0.000000434. The Morgan fingerprint density at radius 3 is 2.60 bits per heavy atom. The summed E-state index contributed by atoms with van der Waals surface area (Å²) in [4.78, 5) is 6.39. The largest absolute Gasteiger partial charge is 0.381 e. The van der Waals surface area contributed by atoms with Crippen LogP contribution in [0.25, 0.3) is 5.57 Å². The van der Waals surface area contributed by atoms with Crippen LogP contribution in [0.2, 0.25) is 0 Å². The van der Waals surface area contributed by atoms with Gasteiger partial charge >= 0.3 is 0 Å². The van der Waals surface area contributed by atoms with Gasteiger partial charge in [-0.25, -0.2) is 0 Å². The molecule has 198 valence electrons. The summed E-state index contributed by atoms with van der Waals surface area (Å²) in [5.41, 5.74) is 5.59. The number of nitrogens with zero attached hydrogens (tertiary/aromatic N) is 2. The third kappa shape index (κ3) is 11.6. The molecule has 0 amide bonds. The monoisotopic (exact) mass is 484 g/mol. The van der Waals surface area contributed by atoms with Crippen molar-refractivity contribution in [3.05, 3.63) is 47.6 Å². The maximum absolute atomic E-state index is 5.95. The Morgan fingerprint density at radius 2 is 2.00 bits per heavy atom. The van der Waals surface area contributed by atoms with Crippen LogP contribution in [0, 0.1) is 12.8 Å². The highest BCUT2D eigenvalue weighted by atomic mass is 16.5. The first-order valence-corrected chi connectivity index (χ1v) is 13.7. The van der Waals surface area contributed by atoms with E-state index in [9.17, 15) is 0 Å². The molecule has 1 heterocycles. The molecule has 1 saturated heterocycles. The number of rotatable bonds is 13. The summed E-state index contributed by atoms with van der Waals surface area (Å²) < 4.78 is 11.4. The third-order valence-electron chi connectivity index (χ3n) is 6.70. The van der Waals surface area contributed by atoms with E-state index in [0.29, 0.717) is 0 Å². The summed E-state index contributed by atoms with van der Waals surface area (Å²) in [7, 11) is 3.90. The van der Waals surface area contributed by atoms with Gasteiger partial charge in [0.1, 0.15) is 6.23 Å². The first kappa shape index (κ1) is 31.1. The molecular weight excluding hydrogens is 432 g/mol. The van der Waals surface area contributed by atoms with Crippen molar-refractivity contribution in [1.29, 1.82) is 0 Å². The minimum atomic E-state index is 0.145. The molecule has 1 aromatic carbocycles. The molecule has 4 heteroatoms. The molecule has 0 aliphatic carbocycles. The first-order chi connectivity index (χ1) is 16.9. The zero-order valence-corrected chi connectivity index (χ0v) is 23.7. The standard InChI is InChI=1S/C20H28N2O.C11H24O/c1-6-17(14-21-4)16(3)18-13-15(2)10-11-19(18)22(5)20-9-7-8-12-23-20;1-4-6-9-12-10-7-8-11(3)5-2/h6,10-11,13-14,20H,3,7-9,12H2,1-2,4-5H3;11H,4-10H2,1-3H3/b17-6+,21-14?;. The van der Waals surface area contributed by atoms with Crippen molar-refractivity contribution >= 4 is 17.5 Å². The number of aryl methyl sites for hydroxylation is 1. The van der Waals surface area contributed by atoms with Crippen molar-refractivity contribution in [1.82, 2.24) is 0 Å². The second-order valence-corrected chi connectivity index (χ2v) is 9.68. The van der Waals surface area contributed by atoms with Gasteiger partial charge in [-0.15, -0.1) is 0 Å². The van der Waals surface area contributed by atoms with Crippen LogP contribution in [0.4, 0.5) is 5.69 Å². The third-order valence-corrected chi connectivity index (χ3v) is 6.70. The quantitative estimate of drug-likeness (QED) is 0.161. The van der Waals surface area contributed by atoms with E-state index < -0.39 is 0 Å². The fourth-order valence-electron chi connectivity index (χ4n) is 4.09. The first-order valence-electron chi connectivity index (χ1n) is 13.7. The van der Waals surface area contributed by atoms with Crippen LogP contribution >= 0.6 is 0 Å². The molecule has 2 atom stereocenters. The summed E-state index contributed by atoms with van der Waals surface area (Å²) in [6, 6.07) is 6.52. The molecule has 1 fully saturated rings. The summed E-state index contributed by atoms with van der Waals surface area (Å²) in [5.74, 6) is 0.875. The lowest BCUT2D eigenvalue weighted by atomic mass is 9.96. The summed E-state index contributed by atoms with van der Waals surface area (Å²) in [6.45, 7) is 18.0. The molecule has 4 nitrogen and oxygen atoms in total. The van der Waals surface area contributed by atoms with Gasteiger partial charge in [0.2, 0.25) is 0 Å². The number of aliphatic imine (C=N–C) groups is 1. The molecule has 0 bridgehead atoms. The molecule has 35 heavy (non-hydrogen) atoms.